The van der Waals surface area contributed by atoms with Gasteiger partial charge in [0.05, 0.1) is 16.4 Å². The molecule has 1 heterocycles. The van der Waals surface area contributed by atoms with E-state index in [1.165, 1.54) is 11.3 Å². The first-order chi connectivity index (χ1) is 6.58. The highest BCUT2D eigenvalue weighted by molar-refractivity contribution is 6.34. The molecule has 1 unspecified atom stereocenters. The van der Waals surface area contributed by atoms with Crippen LogP contribution in [-0.2, 0) is 0 Å². The number of likely N-dealkylation sites (N-methyl/N-ethyl adjacent to an activating group) is 1. The van der Waals surface area contributed by atoms with Gasteiger partial charge >= 0.3 is 0 Å². The largest absolute Gasteiger partial charge is 0.378 e. The Labute approximate surface area is 89.9 Å². The Kier molecular flexibility index (Phi) is 2.31. The minimum atomic E-state index is 0.452. The molecule has 2 rings (SSSR count). The van der Waals surface area contributed by atoms with Crippen LogP contribution in [-0.4, -0.2) is 19.6 Å². The summed E-state index contributed by atoms with van der Waals surface area (Å²) in [5.41, 5.74) is 3.48. The Balaban J connectivity index is 2.53. The van der Waals surface area contributed by atoms with Crippen LogP contribution in [0.25, 0.3) is 0 Å². The van der Waals surface area contributed by atoms with Gasteiger partial charge in [0.1, 0.15) is 0 Å². The van der Waals surface area contributed by atoms with Crippen LogP contribution in [0, 0.1) is 6.92 Å². The van der Waals surface area contributed by atoms with Crippen molar-refractivity contribution in [3.63, 3.8) is 0 Å². The van der Waals surface area contributed by atoms with Crippen LogP contribution in [0.5, 0.6) is 0 Å². The summed E-state index contributed by atoms with van der Waals surface area (Å²) < 4.78 is 0. The maximum atomic E-state index is 6.19. The summed E-state index contributed by atoms with van der Waals surface area (Å²) in [6.07, 6.45) is 0. The van der Waals surface area contributed by atoms with Crippen molar-refractivity contribution in [1.29, 1.82) is 0 Å². The highest BCUT2D eigenvalue weighted by atomic mass is 35.5. The summed E-state index contributed by atoms with van der Waals surface area (Å²) in [6, 6.07) is 4.62. The number of nitrogens with one attached hydrogen (secondary N) is 1. The van der Waals surface area contributed by atoms with Gasteiger partial charge in [-0.2, -0.15) is 0 Å². The average molecular weight is 211 g/mol. The summed E-state index contributed by atoms with van der Waals surface area (Å²) in [4.78, 5) is 2.25. The zero-order valence-corrected chi connectivity index (χ0v) is 9.52. The minimum Gasteiger partial charge on any atom is -0.378 e. The standard InChI is InChI=1S/C11H15ClN2/c1-7-4-9(12)11-10(5-7)14(3)6-8(2)13-11/h4-5,8,13H,6H2,1-3H3. The topological polar surface area (TPSA) is 15.3 Å². The third-order valence-electron chi connectivity index (χ3n) is 2.56. The summed E-state index contributed by atoms with van der Waals surface area (Å²) in [5.74, 6) is 0. The molecule has 14 heavy (non-hydrogen) atoms. The van der Waals surface area contributed by atoms with Crippen LogP contribution < -0.4 is 10.2 Å². The SMILES string of the molecule is Cc1cc(Cl)c2c(c1)N(C)CC(C)N2. The molecular formula is C11H15ClN2. The van der Waals surface area contributed by atoms with Gasteiger partial charge in [0.2, 0.25) is 0 Å². The molecular weight excluding hydrogens is 196 g/mol. The van der Waals surface area contributed by atoms with Crippen LogP contribution in [0.3, 0.4) is 0 Å². The number of aryl methyl sites for hydroxylation is 1. The first-order valence-electron chi connectivity index (χ1n) is 4.86. The Morgan fingerprint density at radius 2 is 2.21 bits per heavy atom. The van der Waals surface area contributed by atoms with Crippen LogP contribution >= 0.6 is 11.6 Å². The molecule has 0 fully saturated rings. The molecule has 1 atom stereocenters. The molecule has 0 aromatic heterocycles. The Morgan fingerprint density at radius 1 is 1.50 bits per heavy atom. The van der Waals surface area contributed by atoms with Crippen molar-refractivity contribution in [2.45, 2.75) is 19.9 Å². The molecule has 0 spiro atoms. The molecule has 1 aromatic carbocycles. The number of nitrogens with zero attached hydrogens (tertiary/aromatic N) is 1. The Bertz CT molecular complexity index is 363. The normalized spacial score (nSPS) is 20.3. The average Bonchev–Trinajstić information content (AvgIpc) is 2.07. The molecule has 1 N–H and O–H groups in total. The van der Waals surface area contributed by atoms with Gasteiger partial charge in [-0.1, -0.05) is 11.6 Å². The zero-order chi connectivity index (χ0) is 10.3. The van der Waals surface area contributed by atoms with Crippen molar-refractivity contribution >= 4 is 23.0 Å². The molecule has 0 aliphatic carbocycles. The molecule has 0 amide bonds. The third-order valence-corrected chi connectivity index (χ3v) is 2.86. The predicted molar refractivity (Wildman–Crippen MR) is 62.5 cm³/mol. The summed E-state index contributed by atoms with van der Waals surface area (Å²) >= 11 is 6.19. The van der Waals surface area contributed by atoms with E-state index in [4.69, 9.17) is 11.6 Å². The van der Waals surface area contributed by atoms with E-state index in [1.54, 1.807) is 0 Å². The van der Waals surface area contributed by atoms with Crippen LogP contribution in [0.15, 0.2) is 12.1 Å². The van der Waals surface area contributed by atoms with Crippen molar-refractivity contribution < 1.29 is 0 Å². The first-order valence-corrected chi connectivity index (χ1v) is 5.23. The van der Waals surface area contributed by atoms with Gasteiger partial charge in [0.25, 0.3) is 0 Å². The van der Waals surface area contributed by atoms with E-state index in [0.29, 0.717) is 6.04 Å². The molecule has 76 valence electrons. The van der Waals surface area contributed by atoms with Crippen LogP contribution in [0.1, 0.15) is 12.5 Å². The number of anilines is 2. The van der Waals surface area contributed by atoms with E-state index in [-0.39, 0.29) is 0 Å². The van der Waals surface area contributed by atoms with E-state index >= 15 is 0 Å². The third kappa shape index (κ3) is 1.55. The highest BCUT2D eigenvalue weighted by Crippen LogP contribution is 2.37. The van der Waals surface area contributed by atoms with Gasteiger partial charge in [-0.3, -0.25) is 0 Å². The van der Waals surface area contributed by atoms with Gasteiger partial charge in [0, 0.05) is 19.6 Å². The second-order valence-electron chi connectivity index (χ2n) is 4.07. The van der Waals surface area contributed by atoms with E-state index < -0.39 is 0 Å². The van der Waals surface area contributed by atoms with Crippen molar-refractivity contribution in [2.75, 3.05) is 23.8 Å². The summed E-state index contributed by atoms with van der Waals surface area (Å²) in [6.45, 7) is 5.25. The van der Waals surface area contributed by atoms with E-state index in [0.717, 1.165) is 17.3 Å². The number of rotatable bonds is 0. The molecule has 1 aliphatic heterocycles. The van der Waals surface area contributed by atoms with E-state index in [1.807, 2.05) is 6.07 Å². The fourth-order valence-corrected chi connectivity index (χ4v) is 2.29. The minimum absolute atomic E-state index is 0.452. The van der Waals surface area contributed by atoms with Crippen LogP contribution in [0.2, 0.25) is 5.02 Å². The lowest BCUT2D eigenvalue weighted by atomic mass is 10.1. The van der Waals surface area contributed by atoms with Crippen molar-refractivity contribution in [3.8, 4) is 0 Å². The molecule has 0 bridgehead atoms. The van der Waals surface area contributed by atoms with Crippen molar-refractivity contribution in [2.24, 2.45) is 0 Å². The van der Waals surface area contributed by atoms with E-state index in [2.05, 4.69) is 37.2 Å². The quantitative estimate of drug-likeness (QED) is 0.709. The fourth-order valence-electron chi connectivity index (χ4n) is 1.97. The molecule has 2 nitrogen and oxygen atoms in total. The molecule has 0 saturated heterocycles. The number of benzene rings is 1. The van der Waals surface area contributed by atoms with Gasteiger partial charge in [-0.05, 0) is 31.5 Å². The number of fused-ring (bicyclic) bond motifs is 1. The second kappa shape index (κ2) is 3.35. The second-order valence-corrected chi connectivity index (χ2v) is 4.47. The maximum Gasteiger partial charge on any atom is 0.0770 e. The monoisotopic (exact) mass is 210 g/mol. The lowest BCUT2D eigenvalue weighted by molar-refractivity contribution is 0.737. The zero-order valence-electron chi connectivity index (χ0n) is 8.76. The molecule has 1 aliphatic rings. The molecule has 0 radical (unpaired) electrons. The van der Waals surface area contributed by atoms with Gasteiger partial charge < -0.3 is 10.2 Å². The molecule has 0 saturated carbocycles. The molecule has 1 aromatic rings. The lowest BCUT2D eigenvalue weighted by Gasteiger charge is -2.34. The fraction of sp³-hybridized carbons (Fsp3) is 0.455. The number of hydrogen-bond acceptors (Lipinski definition) is 2. The smallest absolute Gasteiger partial charge is 0.0770 e. The lowest BCUT2D eigenvalue weighted by Crippen LogP contribution is -2.37. The summed E-state index contributed by atoms with van der Waals surface area (Å²) in [5, 5.41) is 4.23. The number of hydrogen-bond donors (Lipinski definition) is 1. The first kappa shape index (κ1) is 9.66. The van der Waals surface area contributed by atoms with Gasteiger partial charge in [-0.15, -0.1) is 0 Å². The van der Waals surface area contributed by atoms with Crippen molar-refractivity contribution in [1.82, 2.24) is 0 Å². The Hall–Kier alpha value is -0.890. The van der Waals surface area contributed by atoms with Gasteiger partial charge in [-0.25, -0.2) is 0 Å². The highest BCUT2D eigenvalue weighted by Gasteiger charge is 2.20. The van der Waals surface area contributed by atoms with Crippen molar-refractivity contribution in [3.05, 3.63) is 22.7 Å². The Morgan fingerprint density at radius 3 is 2.93 bits per heavy atom. The predicted octanol–water partition coefficient (Wildman–Crippen LogP) is 2.90. The molecule has 3 heteroatoms. The van der Waals surface area contributed by atoms with E-state index in [9.17, 15) is 0 Å². The van der Waals surface area contributed by atoms with Gasteiger partial charge in [0.15, 0.2) is 0 Å². The number of halogens is 1. The van der Waals surface area contributed by atoms with Crippen LogP contribution in [0.4, 0.5) is 11.4 Å². The summed E-state index contributed by atoms with van der Waals surface area (Å²) in [7, 11) is 2.10. The maximum absolute atomic E-state index is 6.19.